The Kier molecular flexibility index (Phi) is 0.865. The molecule has 0 unspecified atom stereocenters. The number of hydrogen-bond donors (Lipinski definition) is 2. The van der Waals surface area contributed by atoms with E-state index < -0.39 is 22.8 Å². The second kappa shape index (κ2) is 1.71. The second-order valence-electron chi connectivity index (χ2n) is 6.38. The van der Waals surface area contributed by atoms with E-state index in [1.54, 1.807) is 0 Å². The minimum Gasteiger partial charge on any atom is -0.481 e. The van der Waals surface area contributed by atoms with Crippen LogP contribution in [0.2, 0.25) is 0 Å². The van der Waals surface area contributed by atoms with Crippen molar-refractivity contribution < 1.29 is 19.8 Å². The van der Waals surface area contributed by atoms with Crippen LogP contribution in [0.3, 0.4) is 0 Å². The summed E-state index contributed by atoms with van der Waals surface area (Å²) >= 11 is 0. The smallest absolute Gasteiger partial charge is 0.310 e. The highest BCUT2D eigenvalue weighted by molar-refractivity contribution is 5.93. The van der Waals surface area contributed by atoms with Crippen molar-refractivity contribution in [3.05, 3.63) is 0 Å². The first-order valence-electron chi connectivity index (χ1n) is 6.07. The van der Waals surface area contributed by atoms with Gasteiger partial charge in [-0.25, -0.2) is 0 Å². The van der Waals surface area contributed by atoms with Crippen molar-refractivity contribution in [2.24, 2.45) is 46.3 Å². The number of carboxylic acid groups (broad SMARTS) is 2. The Bertz CT molecular complexity index is 481. The molecule has 2 bridgehead atoms. The molecule has 4 heteroatoms. The standard InChI is InChI=1S/C12H12O4/c13-9(14)11-4-2-1-3-6-5(4)8(11)12(6,7(3)11)10(15)16/h3-8H,1-2H2,(H,13,14)(H,15,16)/t3-,4+,5-,6-,7+,8+,11+,12+/m1/s1. The lowest BCUT2D eigenvalue weighted by Crippen LogP contribution is -3.02. The van der Waals surface area contributed by atoms with Gasteiger partial charge in [-0.05, 0) is 48.3 Å². The Morgan fingerprint density at radius 2 is 1.69 bits per heavy atom. The molecule has 84 valence electrons. The molecule has 0 aromatic carbocycles. The molecule has 0 saturated heterocycles. The first kappa shape index (κ1) is 8.09. The van der Waals surface area contributed by atoms with E-state index >= 15 is 0 Å². The molecule has 16 heavy (non-hydrogen) atoms. The van der Waals surface area contributed by atoms with Gasteiger partial charge in [0.15, 0.2) is 0 Å². The average molecular weight is 220 g/mol. The van der Waals surface area contributed by atoms with E-state index in [2.05, 4.69) is 0 Å². The number of hydrogen-bond acceptors (Lipinski definition) is 2. The Morgan fingerprint density at radius 3 is 2.25 bits per heavy atom. The predicted octanol–water partition coefficient (Wildman–Crippen LogP) is 0.674. The first-order chi connectivity index (χ1) is 7.60. The summed E-state index contributed by atoms with van der Waals surface area (Å²) in [4.78, 5) is 22.9. The van der Waals surface area contributed by atoms with E-state index in [1.165, 1.54) is 0 Å². The van der Waals surface area contributed by atoms with Crippen molar-refractivity contribution in [2.75, 3.05) is 0 Å². The molecule has 6 aliphatic rings. The van der Waals surface area contributed by atoms with Gasteiger partial charge in [0.2, 0.25) is 0 Å². The minimum absolute atomic E-state index is 0.00782. The minimum atomic E-state index is -0.711. The van der Waals surface area contributed by atoms with Gasteiger partial charge in [0.05, 0.1) is 10.8 Å². The fourth-order valence-electron chi connectivity index (χ4n) is 7.10. The van der Waals surface area contributed by atoms with E-state index in [9.17, 15) is 19.8 Å². The summed E-state index contributed by atoms with van der Waals surface area (Å²) < 4.78 is 0. The Morgan fingerprint density at radius 1 is 1.00 bits per heavy atom. The zero-order valence-electron chi connectivity index (χ0n) is 8.59. The van der Waals surface area contributed by atoms with Gasteiger partial charge in [-0.3, -0.25) is 9.59 Å². The predicted molar refractivity (Wildman–Crippen MR) is 50.3 cm³/mol. The van der Waals surface area contributed by atoms with Crippen LogP contribution >= 0.6 is 0 Å². The SMILES string of the molecule is O=C(O)[C@]12[C@@H]3[C@H]4CC[C@H]5[C@H]3[C@H]1[C@@]5(C(=O)O)[C@H]42. The largest absolute Gasteiger partial charge is 0.481 e. The molecular weight excluding hydrogens is 208 g/mol. The van der Waals surface area contributed by atoms with Crippen LogP contribution < -0.4 is 0 Å². The van der Waals surface area contributed by atoms with Crippen molar-refractivity contribution >= 4 is 11.9 Å². The van der Waals surface area contributed by atoms with E-state index in [0.717, 1.165) is 12.8 Å². The van der Waals surface area contributed by atoms with Gasteiger partial charge < -0.3 is 10.2 Å². The number of rotatable bonds is 2. The highest BCUT2D eigenvalue weighted by atomic mass is 16.4. The number of fused-ring (bicyclic) bond motifs is 1. The molecule has 6 fully saturated rings. The second-order valence-corrected chi connectivity index (χ2v) is 6.38. The third-order valence-electron chi connectivity index (χ3n) is 6.93. The van der Waals surface area contributed by atoms with Crippen LogP contribution in [0.1, 0.15) is 12.8 Å². The van der Waals surface area contributed by atoms with Gasteiger partial charge >= 0.3 is 11.9 Å². The summed E-state index contributed by atoms with van der Waals surface area (Å²) in [6.45, 7) is 0. The Hall–Kier alpha value is -1.06. The zero-order chi connectivity index (χ0) is 11.0. The quantitative estimate of drug-likeness (QED) is 0.717. The molecule has 0 aromatic rings. The third kappa shape index (κ3) is 0.356. The van der Waals surface area contributed by atoms with Crippen molar-refractivity contribution in [2.45, 2.75) is 12.8 Å². The first-order valence-corrected chi connectivity index (χ1v) is 6.07. The molecular formula is C12H12O4. The maximum Gasteiger partial charge on any atom is 0.310 e. The van der Waals surface area contributed by atoms with Crippen LogP contribution in [0.4, 0.5) is 0 Å². The van der Waals surface area contributed by atoms with Crippen LogP contribution in [0.15, 0.2) is 0 Å². The highest BCUT2D eigenvalue weighted by Crippen LogP contribution is 3.01. The molecule has 0 spiro atoms. The topological polar surface area (TPSA) is 74.6 Å². The lowest BCUT2D eigenvalue weighted by Gasteiger charge is -2.99. The van der Waals surface area contributed by atoms with Crippen LogP contribution in [-0.4, -0.2) is 22.2 Å². The average Bonchev–Trinajstić information content (AvgIpc) is 2.14. The lowest BCUT2D eigenvalue weighted by atomic mass is 9.01. The van der Waals surface area contributed by atoms with E-state index in [4.69, 9.17) is 0 Å². The van der Waals surface area contributed by atoms with Gasteiger partial charge in [-0.1, -0.05) is 0 Å². The van der Waals surface area contributed by atoms with Crippen LogP contribution in [0, 0.1) is 46.3 Å². The van der Waals surface area contributed by atoms with Crippen LogP contribution in [0.5, 0.6) is 0 Å². The van der Waals surface area contributed by atoms with Crippen molar-refractivity contribution in [3.63, 3.8) is 0 Å². The number of aliphatic carboxylic acids is 2. The molecule has 2 N–H and O–H groups in total. The number of carboxylic acids is 2. The molecule has 0 heterocycles. The molecule has 0 aromatic heterocycles. The summed E-state index contributed by atoms with van der Waals surface area (Å²) in [6.07, 6.45) is 2.11. The van der Waals surface area contributed by atoms with Crippen LogP contribution in [-0.2, 0) is 9.59 Å². The highest BCUT2D eigenvalue weighted by Gasteiger charge is 3.05. The van der Waals surface area contributed by atoms with E-state index in [-0.39, 0.29) is 11.8 Å². The molecule has 6 saturated carbocycles. The van der Waals surface area contributed by atoms with Gasteiger partial charge in [0.1, 0.15) is 0 Å². The summed E-state index contributed by atoms with van der Waals surface area (Å²) in [7, 11) is 0. The number of carbonyl (C=O) groups is 2. The maximum atomic E-state index is 11.5. The fourth-order valence-corrected chi connectivity index (χ4v) is 7.10. The summed E-state index contributed by atoms with van der Waals surface area (Å²) in [6, 6.07) is 0. The van der Waals surface area contributed by atoms with E-state index in [1.807, 2.05) is 0 Å². The fraction of sp³-hybridized carbons (Fsp3) is 0.833. The van der Waals surface area contributed by atoms with Crippen LogP contribution in [0.25, 0.3) is 0 Å². The molecule has 6 rings (SSSR count). The van der Waals surface area contributed by atoms with Crippen molar-refractivity contribution in [1.29, 1.82) is 0 Å². The Balaban J connectivity index is 1.73. The Labute approximate surface area is 91.6 Å². The van der Waals surface area contributed by atoms with Crippen molar-refractivity contribution in [1.82, 2.24) is 0 Å². The molecule has 0 aliphatic heterocycles. The monoisotopic (exact) mass is 220 g/mol. The third-order valence-corrected chi connectivity index (χ3v) is 6.93. The normalized spacial score (nSPS) is 70.2. The van der Waals surface area contributed by atoms with E-state index in [0.29, 0.717) is 23.7 Å². The molecule has 0 radical (unpaired) electrons. The van der Waals surface area contributed by atoms with Gasteiger partial charge in [-0.15, -0.1) is 0 Å². The van der Waals surface area contributed by atoms with Gasteiger partial charge in [0, 0.05) is 0 Å². The summed E-state index contributed by atoms with van der Waals surface area (Å²) in [5, 5.41) is 18.9. The molecule has 6 aliphatic carbocycles. The summed E-state index contributed by atoms with van der Waals surface area (Å²) in [5.41, 5.74) is -1.18. The van der Waals surface area contributed by atoms with Crippen molar-refractivity contribution in [3.8, 4) is 0 Å². The lowest BCUT2D eigenvalue weighted by molar-refractivity contribution is -0.532. The van der Waals surface area contributed by atoms with Gasteiger partial charge in [-0.2, -0.15) is 0 Å². The molecule has 8 atom stereocenters. The summed E-state index contributed by atoms with van der Waals surface area (Å²) in [5.74, 6) is 0.0975. The van der Waals surface area contributed by atoms with Gasteiger partial charge in [0.25, 0.3) is 0 Å². The zero-order valence-corrected chi connectivity index (χ0v) is 8.59. The maximum absolute atomic E-state index is 11.5. The molecule has 4 nitrogen and oxygen atoms in total. The molecule has 0 amide bonds.